The third kappa shape index (κ3) is 2.93. The molecule has 1 aromatic carbocycles. The molecule has 0 saturated heterocycles. The summed E-state index contributed by atoms with van der Waals surface area (Å²) in [6, 6.07) is 4.39. The number of rotatable bonds is 3. The fourth-order valence-electron chi connectivity index (χ4n) is 1.60. The van der Waals surface area contributed by atoms with Gasteiger partial charge in [-0.2, -0.15) is 0 Å². The maximum absolute atomic E-state index is 13.1. The molecular formula is C13H10ClF2NO2. The maximum atomic E-state index is 13.1. The molecule has 0 bridgehead atoms. The van der Waals surface area contributed by atoms with Gasteiger partial charge in [0.2, 0.25) is 5.22 Å². The lowest BCUT2D eigenvalue weighted by Crippen LogP contribution is -2.26. The van der Waals surface area contributed by atoms with Crippen LogP contribution in [0.2, 0.25) is 5.22 Å². The van der Waals surface area contributed by atoms with Crippen LogP contribution >= 0.6 is 11.6 Å². The van der Waals surface area contributed by atoms with Gasteiger partial charge in [-0.15, -0.1) is 0 Å². The molecule has 19 heavy (non-hydrogen) atoms. The van der Waals surface area contributed by atoms with Crippen molar-refractivity contribution in [3.8, 4) is 0 Å². The van der Waals surface area contributed by atoms with Crippen LogP contribution in [0.1, 0.15) is 28.9 Å². The molecule has 0 radical (unpaired) electrons. The molecular weight excluding hydrogens is 276 g/mol. The first-order chi connectivity index (χ1) is 8.99. The summed E-state index contributed by atoms with van der Waals surface area (Å²) in [5.74, 6) is -2.34. The summed E-state index contributed by atoms with van der Waals surface area (Å²) in [7, 11) is 0. The standard InChI is InChI=1S/C13H10ClF2NO2/c1-7(8-2-3-10(15)11(16)6-8)17-13(18)9-4-5-19-12(9)14/h2-7H,1H3,(H,17,18). The highest BCUT2D eigenvalue weighted by atomic mass is 35.5. The number of amides is 1. The highest BCUT2D eigenvalue weighted by Crippen LogP contribution is 2.19. The van der Waals surface area contributed by atoms with E-state index in [4.69, 9.17) is 16.0 Å². The fraction of sp³-hybridized carbons (Fsp3) is 0.154. The van der Waals surface area contributed by atoms with Crippen molar-refractivity contribution in [3.05, 3.63) is 58.5 Å². The number of benzene rings is 1. The highest BCUT2D eigenvalue weighted by molar-refractivity contribution is 6.32. The molecule has 1 unspecified atom stereocenters. The molecule has 0 spiro atoms. The first-order valence-corrected chi connectivity index (χ1v) is 5.85. The number of carbonyl (C=O) groups excluding carboxylic acids is 1. The lowest BCUT2D eigenvalue weighted by molar-refractivity contribution is 0.0939. The zero-order valence-corrected chi connectivity index (χ0v) is 10.7. The first kappa shape index (κ1) is 13.5. The van der Waals surface area contributed by atoms with Crippen molar-refractivity contribution in [2.24, 2.45) is 0 Å². The monoisotopic (exact) mass is 285 g/mol. The van der Waals surface area contributed by atoms with E-state index in [0.717, 1.165) is 12.1 Å². The summed E-state index contributed by atoms with van der Waals surface area (Å²) < 4.78 is 30.7. The van der Waals surface area contributed by atoms with E-state index in [-0.39, 0.29) is 10.8 Å². The van der Waals surface area contributed by atoms with E-state index in [1.807, 2.05) is 0 Å². The Balaban J connectivity index is 2.13. The second kappa shape index (κ2) is 5.40. The number of nitrogens with one attached hydrogen (secondary N) is 1. The summed E-state index contributed by atoms with van der Waals surface area (Å²) in [6.07, 6.45) is 1.29. The maximum Gasteiger partial charge on any atom is 0.256 e. The van der Waals surface area contributed by atoms with Gasteiger partial charge in [-0.1, -0.05) is 6.07 Å². The van der Waals surface area contributed by atoms with E-state index in [0.29, 0.717) is 5.56 Å². The Bertz CT molecular complexity index is 612. The molecule has 0 aliphatic rings. The third-order valence-electron chi connectivity index (χ3n) is 2.65. The summed E-state index contributed by atoms with van der Waals surface area (Å²) in [5.41, 5.74) is 0.642. The van der Waals surface area contributed by atoms with Gasteiger partial charge < -0.3 is 9.73 Å². The zero-order valence-electron chi connectivity index (χ0n) is 9.91. The van der Waals surface area contributed by atoms with E-state index >= 15 is 0 Å². The van der Waals surface area contributed by atoms with E-state index in [9.17, 15) is 13.6 Å². The second-order valence-corrected chi connectivity index (χ2v) is 4.32. The van der Waals surface area contributed by atoms with Crippen molar-refractivity contribution >= 4 is 17.5 Å². The molecule has 2 aromatic rings. The van der Waals surface area contributed by atoms with Gasteiger partial charge in [0.15, 0.2) is 11.6 Å². The first-order valence-electron chi connectivity index (χ1n) is 5.48. The molecule has 0 aliphatic carbocycles. The van der Waals surface area contributed by atoms with Crippen LogP contribution in [-0.2, 0) is 0 Å². The van der Waals surface area contributed by atoms with Gasteiger partial charge in [-0.05, 0) is 42.3 Å². The predicted octanol–water partition coefficient (Wildman–Crippen LogP) is 3.70. The molecule has 2 rings (SSSR count). The third-order valence-corrected chi connectivity index (χ3v) is 2.95. The van der Waals surface area contributed by atoms with Crippen molar-refractivity contribution < 1.29 is 18.0 Å². The topological polar surface area (TPSA) is 42.2 Å². The lowest BCUT2D eigenvalue weighted by Gasteiger charge is -2.14. The number of hydrogen-bond acceptors (Lipinski definition) is 2. The average Bonchev–Trinajstić information content (AvgIpc) is 2.79. The summed E-state index contributed by atoms with van der Waals surface area (Å²) >= 11 is 5.67. The van der Waals surface area contributed by atoms with Crippen LogP contribution in [0.4, 0.5) is 8.78 Å². The van der Waals surface area contributed by atoms with Crippen LogP contribution in [0.15, 0.2) is 34.9 Å². The minimum atomic E-state index is -0.958. The molecule has 1 N–H and O–H groups in total. The number of halogens is 3. The summed E-state index contributed by atoms with van der Waals surface area (Å²) in [6.45, 7) is 1.65. The van der Waals surface area contributed by atoms with Crippen LogP contribution < -0.4 is 5.32 Å². The zero-order chi connectivity index (χ0) is 14.0. The van der Waals surface area contributed by atoms with Crippen LogP contribution in [0.25, 0.3) is 0 Å². The Labute approximate surface area is 113 Å². The van der Waals surface area contributed by atoms with Crippen molar-refractivity contribution in [1.82, 2.24) is 5.32 Å². The normalized spacial score (nSPS) is 12.2. The number of hydrogen-bond donors (Lipinski definition) is 1. The molecule has 100 valence electrons. The van der Waals surface area contributed by atoms with Gasteiger partial charge in [0, 0.05) is 0 Å². The lowest BCUT2D eigenvalue weighted by atomic mass is 10.1. The van der Waals surface area contributed by atoms with Crippen molar-refractivity contribution in [2.45, 2.75) is 13.0 Å². The van der Waals surface area contributed by atoms with Crippen molar-refractivity contribution in [1.29, 1.82) is 0 Å². The van der Waals surface area contributed by atoms with E-state index in [1.165, 1.54) is 18.4 Å². The molecule has 3 nitrogen and oxygen atoms in total. The molecule has 0 fully saturated rings. The second-order valence-electron chi connectivity index (χ2n) is 3.98. The number of carbonyl (C=O) groups is 1. The SMILES string of the molecule is CC(NC(=O)c1ccoc1Cl)c1ccc(F)c(F)c1. The fourth-order valence-corrected chi connectivity index (χ4v) is 1.80. The molecule has 1 atom stereocenters. The number of furan rings is 1. The smallest absolute Gasteiger partial charge is 0.256 e. The van der Waals surface area contributed by atoms with Gasteiger partial charge in [-0.25, -0.2) is 8.78 Å². The molecule has 0 saturated carbocycles. The van der Waals surface area contributed by atoms with Crippen LogP contribution in [0.5, 0.6) is 0 Å². The van der Waals surface area contributed by atoms with E-state index in [1.54, 1.807) is 6.92 Å². The minimum absolute atomic E-state index is 0.0185. The average molecular weight is 286 g/mol. The predicted molar refractivity (Wildman–Crippen MR) is 66.0 cm³/mol. The summed E-state index contributed by atoms with van der Waals surface area (Å²) in [5, 5.41) is 2.60. The van der Waals surface area contributed by atoms with E-state index in [2.05, 4.69) is 5.32 Å². The van der Waals surface area contributed by atoms with Gasteiger partial charge in [-0.3, -0.25) is 4.79 Å². The Morgan fingerprint density at radius 1 is 1.32 bits per heavy atom. The van der Waals surface area contributed by atoms with Crippen molar-refractivity contribution in [2.75, 3.05) is 0 Å². The Hall–Kier alpha value is -1.88. The Morgan fingerprint density at radius 2 is 2.05 bits per heavy atom. The molecule has 6 heteroatoms. The highest BCUT2D eigenvalue weighted by Gasteiger charge is 2.17. The quantitative estimate of drug-likeness (QED) is 0.934. The molecule has 1 amide bonds. The van der Waals surface area contributed by atoms with Crippen LogP contribution in [0, 0.1) is 11.6 Å². The van der Waals surface area contributed by atoms with Crippen LogP contribution in [-0.4, -0.2) is 5.91 Å². The summed E-state index contributed by atoms with van der Waals surface area (Å²) in [4.78, 5) is 11.8. The molecule has 0 aliphatic heterocycles. The van der Waals surface area contributed by atoms with Gasteiger partial charge in [0.25, 0.3) is 5.91 Å². The van der Waals surface area contributed by atoms with Gasteiger partial charge in [0.05, 0.1) is 17.9 Å². The Kier molecular flexibility index (Phi) is 3.85. The van der Waals surface area contributed by atoms with Crippen molar-refractivity contribution in [3.63, 3.8) is 0 Å². The Morgan fingerprint density at radius 3 is 2.63 bits per heavy atom. The van der Waals surface area contributed by atoms with Crippen LogP contribution in [0.3, 0.4) is 0 Å². The largest absolute Gasteiger partial charge is 0.452 e. The van der Waals surface area contributed by atoms with E-state index < -0.39 is 23.6 Å². The van der Waals surface area contributed by atoms with Gasteiger partial charge in [0.1, 0.15) is 0 Å². The minimum Gasteiger partial charge on any atom is -0.452 e. The molecule has 1 heterocycles. The van der Waals surface area contributed by atoms with Gasteiger partial charge >= 0.3 is 0 Å². The molecule has 1 aromatic heterocycles.